The maximum atomic E-state index is 12.1. The number of aryl methyl sites for hydroxylation is 1. The van der Waals surface area contributed by atoms with E-state index in [1.165, 1.54) is 6.42 Å². The molecule has 0 aliphatic heterocycles. The van der Waals surface area contributed by atoms with Crippen LogP contribution in [0.4, 0.5) is 5.69 Å². The van der Waals surface area contributed by atoms with Crippen molar-refractivity contribution in [3.63, 3.8) is 0 Å². The third-order valence-electron chi connectivity index (χ3n) is 3.45. The van der Waals surface area contributed by atoms with Crippen molar-refractivity contribution in [3.8, 4) is 0 Å². The molecular weight excluding hydrogens is 216 g/mol. The van der Waals surface area contributed by atoms with Crippen LogP contribution < -0.4 is 5.73 Å². The molecule has 0 saturated heterocycles. The molecule has 1 aromatic rings. The molecule has 0 aromatic carbocycles. The lowest BCUT2D eigenvalue weighted by atomic mass is 10.3. The van der Waals surface area contributed by atoms with Crippen LogP contribution in [-0.4, -0.2) is 34.2 Å². The van der Waals surface area contributed by atoms with Gasteiger partial charge >= 0.3 is 0 Å². The summed E-state index contributed by atoms with van der Waals surface area (Å²) in [5.74, 6) is 1.32. The summed E-state index contributed by atoms with van der Waals surface area (Å²) in [5, 5.41) is 4.20. The van der Waals surface area contributed by atoms with E-state index in [9.17, 15) is 4.79 Å². The van der Waals surface area contributed by atoms with Gasteiger partial charge in [-0.3, -0.25) is 9.48 Å². The molecule has 1 heterocycles. The third kappa shape index (κ3) is 2.43. The highest BCUT2D eigenvalue weighted by molar-refractivity contribution is 5.96. The number of aromatic nitrogens is 2. The number of anilines is 1. The summed E-state index contributed by atoms with van der Waals surface area (Å²) in [6.07, 6.45) is 2.93. The standard InChI is InChI=1S/C12H20N4O/c1-4-16-7-10(13)11(14-16)12(17)15(3)6-9-5-8(9)2/h7-9H,4-6,13H2,1-3H3. The number of carbonyl (C=O) groups is 1. The minimum absolute atomic E-state index is 0.0752. The predicted molar refractivity (Wildman–Crippen MR) is 66.5 cm³/mol. The Morgan fingerprint density at radius 1 is 1.71 bits per heavy atom. The first-order valence-electron chi connectivity index (χ1n) is 6.11. The molecule has 5 heteroatoms. The van der Waals surface area contributed by atoms with Gasteiger partial charge in [-0.15, -0.1) is 0 Å². The smallest absolute Gasteiger partial charge is 0.276 e. The first-order valence-corrected chi connectivity index (χ1v) is 6.11. The SMILES string of the molecule is CCn1cc(N)c(C(=O)N(C)CC2CC2C)n1. The van der Waals surface area contributed by atoms with E-state index in [-0.39, 0.29) is 5.91 Å². The van der Waals surface area contributed by atoms with Crippen LogP contribution in [0.3, 0.4) is 0 Å². The van der Waals surface area contributed by atoms with E-state index in [0.29, 0.717) is 17.3 Å². The third-order valence-corrected chi connectivity index (χ3v) is 3.45. The largest absolute Gasteiger partial charge is 0.396 e. The van der Waals surface area contributed by atoms with Crippen molar-refractivity contribution < 1.29 is 4.79 Å². The molecule has 94 valence electrons. The molecule has 1 amide bonds. The monoisotopic (exact) mass is 236 g/mol. The highest BCUT2D eigenvalue weighted by Crippen LogP contribution is 2.38. The number of hydrogen-bond acceptors (Lipinski definition) is 3. The van der Waals surface area contributed by atoms with Crippen LogP contribution in [0.15, 0.2) is 6.20 Å². The molecule has 2 rings (SSSR count). The summed E-state index contributed by atoms with van der Waals surface area (Å²) in [5.41, 5.74) is 6.64. The van der Waals surface area contributed by atoms with Crippen LogP contribution in [-0.2, 0) is 6.54 Å². The summed E-state index contributed by atoms with van der Waals surface area (Å²) in [6.45, 7) is 5.71. The van der Waals surface area contributed by atoms with Gasteiger partial charge in [-0.25, -0.2) is 0 Å². The molecular formula is C12H20N4O. The topological polar surface area (TPSA) is 64.2 Å². The summed E-state index contributed by atoms with van der Waals surface area (Å²) in [7, 11) is 1.82. The van der Waals surface area contributed by atoms with Crippen LogP contribution >= 0.6 is 0 Å². The zero-order valence-electron chi connectivity index (χ0n) is 10.7. The molecule has 0 bridgehead atoms. The number of carbonyl (C=O) groups excluding carboxylic acids is 1. The Balaban J connectivity index is 2.04. The molecule has 1 aromatic heterocycles. The fraction of sp³-hybridized carbons (Fsp3) is 0.667. The van der Waals surface area contributed by atoms with Crippen LogP contribution in [0.2, 0.25) is 0 Å². The molecule has 2 N–H and O–H groups in total. The molecule has 0 radical (unpaired) electrons. The normalized spacial score (nSPS) is 22.5. The van der Waals surface area contributed by atoms with Gasteiger partial charge in [0.1, 0.15) is 0 Å². The first kappa shape index (κ1) is 12.0. The number of nitrogens with two attached hydrogens (primary N) is 1. The summed E-state index contributed by atoms with van der Waals surface area (Å²) in [4.78, 5) is 13.9. The van der Waals surface area contributed by atoms with Crippen molar-refractivity contribution in [1.82, 2.24) is 14.7 Å². The van der Waals surface area contributed by atoms with E-state index >= 15 is 0 Å². The summed E-state index contributed by atoms with van der Waals surface area (Å²) in [6, 6.07) is 0. The van der Waals surface area contributed by atoms with Gasteiger partial charge in [0.2, 0.25) is 0 Å². The molecule has 1 fully saturated rings. The van der Waals surface area contributed by atoms with E-state index in [0.717, 1.165) is 19.0 Å². The summed E-state index contributed by atoms with van der Waals surface area (Å²) < 4.78 is 1.69. The lowest BCUT2D eigenvalue weighted by Crippen LogP contribution is -2.30. The van der Waals surface area contributed by atoms with E-state index in [2.05, 4.69) is 12.0 Å². The van der Waals surface area contributed by atoms with E-state index < -0.39 is 0 Å². The quantitative estimate of drug-likeness (QED) is 0.854. The van der Waals surface area contributed by atoms with Gasteiger partial charge in [0, 0.05) is 26.3 Å². The highest BCUT2D eigenvalue weighted by Gasteiger charge is 2.34. The molecule has 1 saturated carbocycles. The fourth-order valence-electron chi connectivity index (χ4n) is 2.03. The van der Waals surface area contributed by atoms with Crippen LogP contribution in [0, 0.1) is 11.8 Å². The van der Waals surface area contributed by atoms with E-state index in [1.807, 2.05) is 14.0 Å². The molecule has 0 spiro atoms. The Bertz CT molecular complexity index is 426. The van der Waals surface area contributed by atoms with Crippen molar-refractivity contribution in [3.05, 3.63) is 11.9 Å². The van der Waals surface area contributed by atoms with Crippen LogP contribution in [0.25, 0.3) is 0 Å². The minimum atomic E-state index is -0.0752. The highest BCUT2D eigenvalue weighted by atomic mass is 16.2. The maximum Gasteiger partial charge on any atom is 0.276 e. The average Bonchev–Trinajstić information content (AvgIpc) is 2.85. The van der Waals surface area contributed by atoms with Gasteiger partial charge in [-0.05, 0) is 25.2 Å². The lowest BCUT2D eigenvalue weighted by molar-refractivity contribution is 0.0781. The van der Waals surface area contributed by atoms with Crippen LogP contribution in [0.1, 0.15) is 30.8 Å². The van der Waals surface area contributed by atoms with Crippen molar-refractivity contribution in [2.75, 3.05) is 19.3 Å². The summed E-state index contributed by atoms with van der Waals surface area (Å²) >= 11 is 0. The Kier molecular flexibility index (Phi) is 3.09. The van der Waals surface area contributed by atoms with Gasteiger partial charge in [-0.1, -0.05) is 6.92 Å². The Labute approximate surface area is 102 Å². The zero-order valence-corrected chi connectivity index (χ0v) is 10.7. The number of amides is 1. The second kappa shape index (κ2) is 4.39. The van der Waals surface area contributed by atoms with Gasteiger partial charge < -0.3 is 10.6 Å². The number of hydrogen-bond donors (Lipinski definition) is 1. The first-order chi connectivity index (χ1) is 8.02. The molecule has 2 unspecified atom stereocenters. The van der Waals surface area contributed by atoms with E-state index in [1.54, 1.807) is 15.8 Å². The molecule has 2 atom stereocenters. The van der Waals surface area contributed by atoms with E-state index in [4.69, 9.17) is 5.73 Å². The minimum Gasteiger partial charge on any atom is -0.396 e. The van der Waals surface area contributed by atoms with Crippen molar-refractivity contribution in [2.24, 2.45) is 11.8 Å². The second-order valence-electron chi connectivity index (χ2n) is 4.95. The van der Waals surface area contributed by atoms with Crippen molar-refractivity contribution in [2.45, 2.75) is 26.8 Å². The van der Waals surface area contributed by atoms with Gasteiger partial charge in [0.15, 0.2) is 5.69 Å². The van der Waals surface area contributed by atoms with Gasteiger partial charge in [-0.2, -0.15) is 5.10 Å². The fourth-order valence-corrected chi connectivity index (χ4v) is 2.03. The Morgan fingerprint density at radius 3 is 2.82 bits per heavy atom. The zero-order chi connectivity index (χ0) is 12.6. The second-order valence-corrected chi connectivity index (χ2v) is 4.95. The molecule has 1 aliphatic carbocycles. The Hall–Kier alpha value is -1.52. The lowest BCUT2D eigenvalue weighted by Gasteiger charge is -2.15. The number of nitrogen functional groups attached to an aromatic ring is 1. The average molecular weight is 236 g/mol. The Morgan fingerprint density at radius 2 is 2.35 bits per heavy atom. The van der Waals surface area contributed by atoms with Crippen molar-refractivity contribution >= 4 is 11.6 Å². The maximum absolute atomic E-state index is 12.1. The number of rotatable bonds is 4. The molecule has 1 aliphatic rings. The predicted octanol–water partition coefficient (Wildman–Crippen LogP) is 1.21. The van der Waals surface area contributed by atoms with Crippen LogP contribution in [0.5, 0.6) is 0 Å². The molecule has 17 heavy (non-hydrogen) atoms. The van der Waals surface area contributed by atoms with Gasteiger partial charge in [0.25, 0.3) is 5.91 Å². The van der Waals surface area contributed by atoms with Gasteiger partial charge in [0.05, 0.1) is 5.69 Å². The molecule has 5 nitrogen and oxygen atoms in total. The number of nitrogens with zero attached hydrogens (tertiary/aromatic N) is 3. The van der Waals surface area contributed by atoms with Crippen molar-refractivity contribution in [1.29, 1.82) is 0 Å².